The van der Waals surface area contributed by atoms with E-state index >= 15 is 0 Å². The van der Waals surface area contributed by atoms with Gasteiger partial charge in [-0.25, -0.2) is 0 Å². The molecule has 1 aliphatic rings. The molecule has 1 saturated heterocycles. The summed E-state index contributed by atoms with van der Waals surface area (Å²) in [5.74, 6) is 0. The summed E-state index contributed by atoms with van der Waals surface area (Å²) in [6.45, 7) is 5.39. The third kappa shape index (κ3) is 3.29. The summed E-state index contributed by atoms with van der Waals surface area (Å²) in [6, 6.07) is 4.91. The second-order valence-corrected chi connectivity index (χ2v) is 4.77. The van der Waals surface area contributed by atoms with Gasteiger partial charge in [-0.15, -0.1) is 0 Å². The van der Waals surface area contributed by atoms with Crippen molar-refractivity contribution >= 4 is 0 Å². The molecular formula is C13H21N3. The van der Waals surface area contributed by atoms with E-state index in [1.165, 1.54) is 31.5 Å². The summed E-state index contributed by atoms with van der Waals surface area (Å²) < 4.78 is 0. The van der Waals surface area contributed by atoms with Crippen molar-refractivity contribution in [3.63, 3.8) is 0 Å². The molecule has 3 nitrogen and oxygen atoms in total. The Balaban J connectivity index is 1.77. The minimum Gasteiger partial charge on any atom is -0.310 e. The van der Waals surface area contributed by atoms with E-state index in [2.05, 4.69) is 34.4 Å². The van der Waals surface area contributed by atoms with Gasteiger partial charge in [0.05, 0.1) is 0 Å². The van der Waals surface area contributed by atoms with Gasteiger partial charge in [0.15, 0.2) is 0 Å². The van der Waals surface area contributed by atoms with Gasteiger partial charge in [-0.2, -0.15) is 0 Å². The van der Waals surface area contributed by atoms with Crippen molar-refractivity contribution in [3.8, 4) is 0 Å². The van der Waals surface area contributed by atoms with Crippen molar-refractivity contribution in [2.45, 2.75) is 32.4 Å². The van der Waals surface area contributed by atoms with E-state index < -0.39 is 0 Å². The van der Waals surface area contributed by atoms with Crippen LogP contribution in [0.2, 0.25) is 0 Å². The van der Waals surface area contributed by atoms with Gasteiger partial charge < -0.3 is 10.2 Å². The highest BCUT2D eigenvalue weighted by atomic mass is 15.1. The number of aryl methyl sites for hydroxylation is 1. The van der Waals surface area contributed by atoms with Crippen LogP contribution in [0.4, 0.5) is 0 Å². The van der Waals surface area contributed by atoms with E-state index in [1.54, 1.807) is 0 Å². The molecule has 0 radical (unpaired) electrons. The van der Waals surface area contributed by atoms with Gasteiger partial charge in [-0.3, -0.25) is 4.98 Å². The Morgan fingerprint density at radius 2 is 2.12 bits per heavy atom. The highest BCUT2D eigenvalue weighted by molar-refractivity contribution is 5.12. The molecule has 1 aromatic rings. The van der Waals surface area contributed by atoms with Crippen LogP contribution in [0.15, 0.2) is 18.3 Å². The Bertz CT molecular complexity index is 312. The van der Waals surface area contributed by atoms with E-state index in [0.29, 0.717) is 6.04 Å². The van der Waals surface area contributed by atoms with Gasteiger partial charge in [0, 0.05) is 24.5 Å². The summed E-state index contributed by atoms with van der Waals surface area (Å²) in [7, 11) is 2.19. The van der Waals surface area contributed by atoms with Crippen LogP contribution < -0.4 is 5.32 Å². The van der Waals surface area contributed by atoms with Gasteiger partial charge in [0.25, 0.3) is 0 Å². The van der Waals surface area contributed by atoms with Crippen molar-refractivity contribution in [2.24, 2.45) is 0 Å². The number of hydrogen-bond acceptors (Lipinski definition) is 3. The lowest BCUT2D eigenvalue weighted by Gasteiger charge is -2.29. The normalized spacial score (nSPS) is 18.9. The average molecular weight is 219 g/mol. The lowest BCUT2D eigenvalue weighted by Crippen LogP contribution is -2.40. The minimum absolute atomic E-state index is 0.678. The zero-order valence-corrected chi connectivity index (χ0v) is 10.2. The molecule has 16 heavy (non-hydrogen) atoms. The molecule has 0 amide bonds. The van der Waals surface area contributed by atoms with Crippen molar-refractivity contribution in [2.75, 3.05) is 20.1 Å². The molecule has 0 aromatic carbocycles. The van der Waals surface area contributed by atoms with Gasteiger partial charge in [0.2, 0.25) is 0 Å². The monoisotopic (exact) mass is 219 g/mol. The van der Waals surface area contributed by atoms with E-state index in [9.17, 15) is 0 Å². The summed E-state index contributed by atoms with van der Waals surface area (Å²) in [5.41, 5.74) is 2.37. The summed E-state index contributed by atoms with van der Waals surface area (Å²) in [4.78, 5) is 6.70. The second-order valence-electron chi connectivity index (χ2n) is 4.77. The lowest BCUT2D eigenvalue weighted by atomic mass is 10.1. The first-order valence-electron chi connectivity index (χ1n) is 6.07. The lowest BCUT2D eigenvalue weighted by molar-refractivity contribution is 0.234. The number of rotatable bonds is 3. The van der Waals surface area contributed by atoms with Gasteiger partial charge >= 0.3 is 0 Å². The Hall–Kier alpha value is -0.930. The molecule has 0 bridgehead atoms. The van der Waals surface area contributed by atoms with Crippen LogP contribution in [0.5, 0.6) is 0 Å². The first kappa shape index (κ1) is 11.6. The van der Waals surface area contributed by atoms with Crippen LogP contribution in [0.3, 0.4) is 0 Å². The molecule has 0 atom stereocenters. The van der Waals surface area contributed by atoms with Crippen LogP contribution in [0, 0.1) is 6.92 Å². The average Bonchev–Trinajstić information content (AvgIpc) is 2.30. The quantitative estimate of drug-likeness (QED) is 0.836. The number of hydrogen-bond donors (Lipinski definition) is 1. The highest BCUT2D eigenvalue weighted by Gasteiger charge is 2.15. The number of piperidine rings is 1. The fourth-order valence-electron chi connectivity index (χ4n) is 2.08. The standard InChI is InChI=1S/C13H21N3/c1-11-3-4-12(9-14-11)10-15-13-5-7-16(2)8-6-13/h3-4,9,13,15H,5-8,10H2,1-2H3. The zero-order chi connectivity index (χ0) is 11.4. The Morgan fingerprint density at radius 3 is 2.75 bits per heavy atom. The fourth-order valence-corrected chi connectivity index (χ4v) is 2.08. The molecule has 1 aromatic heterocycles. The van der Waals surface area contributed by atoms with Crippen molar-refractivity contribution in [1.82, 2.24) is 15.2 Å². The summed E-state index contributed by atoms with van der Waals surface area (Å²) >= 11 is 0. The third-order valence-electron chi connectivity index (χ3n) is 3.29. The first-order valence-corrected chi connectivity index (χ1v) is 6.07. The molecule has 0 unspecified atom stereocenters. The predicted octanol–water partition coefficient (Wildman–Crippen LogP) is 1.57. The van der Waals surface area contributed by atoms with Crippen LogP contribution in [-0.2, 0) is 6.54 Å². The van der Waals surface area contributed by atoms with Gasteiger partial charge in [-0.1, -0.05) is 6.07 Å². The van der Waals surface area contributed by atoms with E-state index in [4.69, 9.17) is 0 Å². The van der Waals surface area contributed by atoms with Crippen molar-refractivity contribution in [1.29, 1.82) is 0 Å². The molecule has 1 fully saturated rings. The largest absolute Gasteiger partial charge is 0.310 e. The number of nitrogens with one attached hydrogen (secondary N) is 1. The molecule has 2 rings (SSSR count). The van der Waals surface area contributed by atoms with Crippen molar-refractivity contribution < 1.29 is 0 Å². The first-order chi connectivity index (χ1) is 7.74. The molecular weight excluding hydrogens is 198 g/mol. The molecule has 1 N–H and O–H groups in total. The highest BCUT2D eigenvalue weighted by Crippen LogP contribution is 2.09. The predicted molar refractivity (Wildman–Crippen MR) is 66.3 cm³/mol. The molecule has 0 spiro atoms. The second kappa shape index (κ2) is 5.41. The molecule has 1 aliphatic heterocycles. The number of pyridine rings is 1. The number of aromatic nitrogens is 1. The van der Waals surface area contributed by atoms with E-state index in [-0.39, 0.29) is 0 Å². The summed E-state index contributed by atoms with van der Waals surface area (Å²) in [6.07, 6.45) is 4.49. The third-order valence-corrected chi connectivity index (χ3v) is 3.29. The molecule has 2 heterocycles. The Morgan fingerprint density at radius 1 is 1.38 bits per heavy atom. The Kier molecular flexibility index (Phi) is 3.91. The summed E-state index contributed by atoms with van der Waals surface area (Å²) in [5, 5.41) is 3.61. The molecule has 0 saturated carbocycles. The molecule has 0 aliphatic carbocycles. The number of likely N-dealkylation sites (tertiary alicyclic amines) is 1. The van der Waals surface area contributed by atoms with Crippen LogP contribution in [0.25, 0.3) is 0 Å². The maximum Gasteiger partial charge on any atom is 0.0372 e. The van der Waals surface area contributed by atoms with E-state index in [0.717, 1.165) is 12.2 Å². The minimum atomic E-state index is 0.678. The van der Waals surface area contributed by atoms with Crippen LogP contribution in [0.1, 0.15) is 24.1 Å². The van der Waals surface area contributed by atoms with Crippen molar-refractivity contribution in [3.05, 3.63) is 29.6 Å². The molecule has 3 heteroatoms. The fraction of sp³-hybridized carbons (Fsp3) is 0.615. The van der Waals surface area contributed by atoms with E-state index in [1.807, 2.05) is 13.1 Å². The van der Waals surface area contributed by atoms with Crippen LogP contribution >= 0.6 is 0 Å². The molecule has 88 valence electrons. The Labute approximate surface area is 97.9 Å². The SMILES string of the molecule is Cc1ccc(CNC2CCN(C)CC2)cn1. The smallest absolute Gasteiger partial charge is 0.0372 e. The maximum atomic E-state index is 4.31. The van der Waals surface area contributed by atoms with Crippen LogP contribution in [-0.4, -0.2) is 36.1 Å². The van der Waals surface area contributed by atoms with Gasteiger partial charge in [0.1, 0.15) is 0 Å². The maximum absolute atomic E-state index is 4.31. The zero-order valence-electron chi connectivity index (χ0n) is 10.2. The topological polar surface area (TPSA) is 28.2 Å². The van der Waals surface area contributed by atoms with Gasteiger partial charge in [-0.05, 0) is 51.5 Å². The number of nitrogens with zero attached hydrogens (tertiary/aromatic N) is 2.